The summed E-state index contributed by atoms with van der Waals surface area (Å²) in [7, 11) is -3.73. The molecule has 2 N–H and O–H groups in total. The number of hydrogen-bond acceptors (Lipinski definition) is 4. The fourth-order valence-electron chi connectivity index (χ4n) is 2.43. The van der Waals surface area contributed by atoms with Crippen LogP contribution >= 0.6 is 0 Å². The number of sulfonamides is 1. The maximum Gasteiger partial charge on any atom is 0.416 e. The number of anilines is 1. The Morgan fingerprint density at radius 1 is 1.11 bits per heavy atom. The van der Waals surface area contributed by atoms with Gasteiger partial charge in [-0.05, 0) is 42.5 Å². The molecule has 11 heteroatoms. The second-order valence-corrected chi connectivity index (χ2v) is 7.71. The monoisotopic (exact) mass is 412 g/mol. The van der Waals surface area contributed by atoms with Gasteiger partial charge >= 0.3 is 6.18 Å². The van der Waals surface area contributed by atoms with Crippen LogP contribution in [0.3, 0.4) is 0 Å². The first-order valence-corrected chi connectivity index (χ1v) is 9.69. The molecule has 0 bridgehead atoms. The van der Waals surface area contributed by atoms with Crippen LogP contribution in [0.4, 0.5) is 18.9 Å². The Hall–Kier alpha value is -3.08. The summed E-state index contributed by atoms with van der Waals surface area (Å²) in [6.07, 6.45) is -1.32. The van der Waals surface area contributed by atoms with E-state index in [1.165, 1.54) is 0 Å². The van der Waals surface area contributed by atoms with Gasteiger partial charge in [-0.15, -0.1) is 0 Å². The van der Waals surface area contributed by atoms with Crippen LogP contribution in [-0.4, -0.2) is 36.2 Å². The van der Waals surface area contributed by atoms with Gasteiger partial charge in [0, 0.05) is 24.5 Å². The number of rotatable bonds is 6. The highest BCUT2D eigenvalue weighted by Crippen LogP contribution is 2.29. The zero-order valence-corrected chi connectivity index (χ0v) is 15.1. The Bertz CT molecular complexity index is 1090. The first kappa shape index (κ1) is 19.7. The van der Waals surface area contributed by atoms with E-state index in [0.717, 1.165) is 24.3 Å². The molecule has 0 fully saturated rings. The fraction of sp³-hybridized carbons (Fsp3) is 0.176. The van der Waals surface area contributed by atoms with Crippen LogP contribution < -0.4 is 10.0 Å². The molecule has 0 aliphatic carbocycles. The van der Waals surface area contributed by atoms with Gasteiger partial charge in [0.1, 0.15) is 0 Å². The third kappa shape index (κ3) is 4.80. The second-order valence-electron chi connectivity index (χ2n) is 5.87. The molecule has 2 aromatic heterocycles. The van der Waals surface area contributed by atoms with Crippen molar-refractivity contribution in [2.75, 3.05) is 17.0 Å². The van der Waals surface area contributed by atoms with Crippen LogP contribution in [0.15, 0.2) is 54.9 Å². The van der Waals surface area contributed by atoms with Crippen LogP contribution in [0.1, 0.15) is 15.9 Å². The predicted octanol–water partition coefficient (Wildman–Crippen LogP) is 2.52. The lowest BCUT2D eigenvalue weighted by atomic mass is 10.1. The normalized spacial score (nSPS) is 12.1. The van der Waals surface area contributed by atoms with Crippen LogP contribution in [0.2, 0.25) is 0 Å². The van der Waals surface area contributed by atoms with E-state index in [9.17, 15) is 26.4 Å². The molecular formula is C17H15F3N4O3S. The van der Waals surface area contributed by atoms with Crippen LogP contribution in [-0.2, 0) is 16.2 Å². The third-order valence-electron chi connectivity index (χ3n) is 3.80. The number of nitrogens with zero attached hydrogens (tertiary/aromatic N) is 2. The van der Waals surface area contributed by atoms with Crippen LogP contribution in [0.5, 0.6) is 0 Å². The molecule has 0 radical (unpaired) electrons. The molecule has 28 heavy (non-hydrogen) atoms. The van der Waals surface area contributed by atoms with Gasteiger partial charge in [-0.3, -0.25) is 9.52 Å². The predicted molar refractivity (Wildman–Crippen MR) is 96.4 cm³/mol. The number of benzene rings is 1. The van der Waals surface area contributed by atoms with E-state index in [1.807, 2.05) is 0 Å². The third-order valence-corrected chi connectivity index (χ3v) is 5.09. The minimum absolute atomic E-state index is 0.00420. The Balaban J connectivity index is 1.55. The van der Waals surface area contributed by atoms with Crippen molar-refractivity contribution in [3.05, 3.63) is 66.0 Å². The van der Waals surface area contributed by atoms with Crippen molar-refractivity contribution >= 4 is 27.1 Å². The molecule has 0 aliphatic rings. The molecule has 0 atom stereocenters. The molecule has 0 unspecified atom stereocenters. The topological polar surface area (TPSA) is 92.6 Å². The number of aromatic nitrogens is 2. The Morgan fingerprint density at radius 2 is 1.82 bits per heavy atom. The summed E-state index contributed by atoms with van der Waals surface area (Å²) in [6.45, 7) is -0.204. The molecule has 0 saturated heterocycles. The van der Waals surface area contributed by atoms with Gasteiger partial charge in [0.2, 0.25) is 10.0 Å². The number of pyridine rings is 1. The van der Waals surface area contributed by atoms with E-state index < -0.39 is 33.4 Å². The molecule has 3 rings (SSSR count). The zero-order valence-electron chi connectivity index (χ0n) is 14.3. The van der Waals surface area contributed by atoms with Gasteiger partial charge in [-0.1, -0.05) is 0 Å². The fourth-order valence-corrected chi connectivity index (χ4v) is 3.39. The highest BCUT2D eigenvalue weighted by Gasteiger charge is 2.30. The number of carbonyl (C=O) groups is 1. The lowest BCUT2D eigenvalue weighted by molar-refractivity contribution is -0.137. The first-order chi connectivity index (χ1) is 13.1. The van der Waals surface area contributed by atoms with E-state index in [4.69, 9.17) is 0 Å². The number of nitrogens with one attached hydrogen (secondary N) is 2. The Morgan fingerprint density at radius 3 is 2.50 bits per heavy atom. The van der Waals surface area contributed by atoms with Crippen molar-refractivity contribution < 1.29 is 26.4 Å². The van der Waals surface area contributed by atoms with Gasteiger partial charge in [-0.2, -0.15) is 18.3 Å². The van der Waals surface area contributed by atoms with Gasteiger partial charge in [0.15, 0.2) is 0 Å². The molecular weight excluding hydrogens is 397 g/mol. The summed E-state index contributed by atoms with van der Waals surface area (Å²) in [5.41, 5.74) is 0.188. The van der Waals surface area contributed by atoms with E-state index in [2.05, 4.69) is 15.1 Å². The van der Waals surface area contributed by atoms with Crippen molar-refractivity contribution in [1.29, 1.82) is 0 Å². The molecule has 2 heterocycles. The Kier molecular flexibility index (Phi) is 5.27. The molecule has 148 valence electrons. The Labute approximate surface area is 158 Å². The molecule has 0 spiro atoms. The lowest BCUT2D eigenvalue weighted by Gasteiger charge is -2.10. The largest absolute Gasteiger partial charge is 0.416 e. The minimum atomic E-state index is -4.49. The van der Waals surface area contributed by atoms with Gasteiger partial charge in [0.05, 0.1) is 22.5 Å². The summed E-state index contributed by atoms with van der Waals surface area (Å²) in [4.78, 5) is 11.9. The standard InChI is InChI=1S/C17H15F3N4O3S/c18-17(19,20)13-3-1-12(2-4-13)16(25)21-8-10-28(26,27)23-14-6-9-24-15(11-14)5-7-22-24/h1-7,9,11,23H,8,10H2,(H,21,25). The van der Waals surface area contributed by atoms with E-state index >= 15 is 0 Å². The minimum Gasteiger partial charge on any atom is -0.351 e. The number of halogens is 3. The average molecular weight is 412 g/mol. The van der Waals surface area contributed by atoms with Gasteiger partial charge < -0.3 is 5.32 Å². The van der Waals surface area contributed by atoms with Gasteiger partial charge in [-0.25, -0.2) is 12.9 Å². The van der Waals surface area contributed by atoms with Crippen molar-refractivity contribution in [1.82, 2.24) is 14.9 Å². The number of hydrogen-bond donors (Lipinski definition) is 2. The van der Waals surface area contributed by atoms with Crippen LogP contribution in [0, 0.1) is 0 Å². The second kappa shape index (κ2) is 7.50. The SMILES string of the molecule is O=C(NCCS(=O)(=O)Nc1ccn2nccc2c1)c1ccc(C(F)(F)F)cc1. The number of fused-ring (bicyclic) bond motifs is 1. The smallest absolute Gasteiger partial charge is 0.351 e. The van der Waals surface area contributed by atoms with Crippen molar-refractivity contribution in [3.63, 3.8) is 0 Å². The maximum absolute atomic E-state index is 12.5. The summed E-state index contributed by atoms with van der Waals surface area (Å²) in [5, 5.41) is 6.37. The molecule has 7 nitrogen and oxygen atoms in total. The summed E-state index contributed by atoms with van der Waals surface area (Å²) in [6, 6.07) is 8.50. The zero-order chi connectivity index (χ0) is 20.4. The van der Waals surface area contributed by atoms with Crippen molar-refractivity contribution in [2.45, 2.75) is 6.18 Å². The molecule has 0 aliphatic heterocycles. The highest BCUT2D eigenvalue weighted by atomic mass is 32.2. The van der Waals surface area contributed by atoms with E-state index in [1.54, 1.807) is 35.1 Å². The number of alkyl halides is 3. The first-order valence-electron chi connectivity index (χ1n) is 8.03. The average Bonchev–Trinajstić information content (AvgIpc) is 3.08. The number of amides is 1. The molecule has 1 aromatic carbocycles. The molecule has 3 aromatic rings. The van der Waals surface area contributed by atoms with Gasteiger partial charge in [0.25, 0.3) is 5.91 Å². The van der Waals surface area contributed by atoms with Crippen molar-refractivity contribution in [2.24, 2.45) is 0 Å². The summed E-state index contributed by atoms with van der Waals surface area (Å²) >= 11 is 0. The summed E-state index contributed by atoms with van der Waals surface area (Å²) in [5.74, 6) is -1.06. The summed E-state index contributed by atoms with van der Waals surface area (Å²) < 4.78 is 65.8. The molecule has 1 amide bonds. The van der Waals surface area contributed by atoms with E-state index in [-0.39, 0.29) is 12.1 Å². The lowest BCUT2D eigenvalue weighted by Crippen LogP contribution is -2.31. The maximum atomic E-state index is 12.5. The van der Waals surface area contributed by atoms with E-state index in [0.29, 0.717) is 11.2 Å². The molecule has 0 saturated carbocycles. The number of carbonyl (C=O) groups excluding carboxylic acids is 1. The quantitative estimate of drug-likeness (QED) is 0.651. The van der Waals surface area contributed by atoms with Crippen molar-refractivity contribution in [3.8, 4) is 0 Å². The van der Waals surface area contributed by atoms with Crippen LogP contribution in [0.25, 0.3) is 5.52 Å². The highest BCUT2D eigenvalue weighted by molar-refractivity contribution is 7.92.